The Hall–Kier alpha value is -0.570. The Kier molecular flexibility index (Phi) is 4.08. The lowest BCUT2D eigenvalue weighted by Crippen LogP contribution is -2.32. The molecule has 4 atom stereocenters. The molecular weight excluding hydrogens is 214 g/mol. The summed E-state index contributed by atoms with van der Waals surface area (Å²) in [7, 11) is 0. The number of ether oxygens (including phenoxy) is 1. The summed E-state index contributed by atoms with van der Waals surface area (Å²) in [6.07, 6.45) is 3.53. The van der Waals surface area contributed by atoms with Gasteiger partial charge in [0.05, 0.1) is 5.92 Å². The zero-order chi connectivity index (χ0) is 12.4. The number of rotatable bonds is 2. The number of carbonyl (C=O) groups excluding carboxylic acids is 1. The summed E-state index contributed by atoms with van der Waals surface area (Å²) in [6.45, 7) is 8.37. The fourth-order valence-electron chi connectivity index (χ4n) is 3.35. The first-order chi connectivity index (χ1) is 8.06. The number of hydrogen-bond donors (Lipinski definition) is 1. The Morgan fingerprint density at radius 2 is 1.71 bits per heavy atom. The topological polar surface area (TPSA) is 38.3 Å². The maximum Gasteiger partial charge on any atom is 0.310 e. The predicted molar refractivity (Wildman–Crippen MR) is 67.6 cm³/mol. The molecule has 98 valence electrons. The highest BCUT2D eigenvalue weighted by atomic mass is 16.5. The molecule has 0 radical (unpaired) electrons. The van der Waals surface area contributed by atoms with Crippen LogP contribution in [0.5, 0.6) is 0 Å². The monoisotopic (exact) mass is 239 g/mol. The van der Waals surface area contributed by atoms with Gasteiger partial charge in [-0.05, 0) is 43.6 Å². The molecule has 17 heavy (non-hydrogen) atoms. The van der Waals surface area contributed by atoms with Crippen LogP contribution >= 0.6 is 0 Å². The lowest BCUT2D eigenvalue weighted by molar-refractivity contribution is -0.157. The first kappa shape index (κ1) is 12.9. The van der Waals surface area contributed by atoms with E-state index in [0.717, 1.165) is 25.9 Å². The molecule has 0 aromatic carbocycles. The number of nitrogens with one attached hydrogen (secondary N) is 1. The van der Waals surface area contributed by atoms with Crippen LogP contribution in [0.25, 0.3) is 0 Å². The van der Waals surface area contributed by atoms with Crippen LogP contribution in [0.4, 0.5) is 0 Å². The molecule has 1 saturated carbocycles. The van der Waals surface area contributed by atoms with Crippen LogP contribution in [0.1, 0.15) is 40.0 Å². The second kappa shape index (κ2) is 5.38. The standard InChI is InChI=1S/C14H25NO2/c1-9-4-10(2)6-12(5-9)17-14(16)13-8-15-7-11(13)3/h9-13,15H,4-8H2,1-3H3/t9?,10?,11-,12?,13-/m1/s1. The minimum Gasteiger partial charge on any atom is -0.462 e. The quantitative estimate of drug-likeness (QED) is 0.751. The van der Waals surface area contributed by atoms with Crippen LogP contribution < -0.4 is 5.32 Å². The van der Waals surface area contributed by atoms with Gasteiger partial charge in [0, 0.05) is 6.54 Å². The third-order valence-corrected chi connectivity index (χ3v) is 4.24. The number of carbonyl (C=O) groups is 1. The third kappa shape index (κ3) is 3.21. The van der Waals surface area contributed by atoms with Crippen LogP contribution in [0.3, 0.4) is 0 Å². The summed E-state index contributed by atoms with van der Waals surface area (Å²) in [5, 5.41) is 3.26. The van der Waals surface area contributed by atoms with E-state index in [9.17, 15) is 4.79 Å². The molecule has 1 aliphatic carbocycles. The van der Waals surface area contributed by atoms with Gasteiger partial charge in [-0.1, -0.05) is 20.8 Å². The SMILES string of the molecule is CC1CC(C)CC(OC(=O)[C@@H]2CNC[C@H]2C)C1. The van der Waals surface area contributed by atoms with E-state index in [1.807, 2.05) is 0 Å². The average molecular weight is 239 g/mol. The average Bonchev–Trinajstić information content (AvgIpc) is 2.62. The van der Waals surface area contributed by atoms with E-state index in [2.05, 4.69) is 26.1 Å². The van der Waals surface area contributed by atoms with Crippen molar-refractivity contribution < 1.29 is 9.53 Å². The molecule has 1 aliphatic heterocycles. The fourth-order valence-corrected chi connectivity index (χ4v) is 3.35. The van der Waals surface area contributed by atoms with E-state index < -0.39 is 0 Å². The smallest absolute Gasteiger partial charge is 0.310 e. The molecule has 3 nitrogen and oxygen atoms in total. The van der Waals surface area contributed by atoms with Gasteiger partial charge in [-0.15, -0.1) is 0 Å². The molecule has 2 rings (SSSR count). The Morgan fingerprint density at radius 1 is 1.06 bits per heavy atom. The summed E-state index contributed by atoms with van der Waals surface area (Å²) < 4.78 is 5.71. The van der Waals surface area contributed by atoms with Gasteiger partial charge in [0.2, 0.25) is 0 Å². The van der Waals surface area contributed by atoms with Gasteiger partial charge >= 0.3 is 5.97 Å². The van der Waals surface area contributed by atoms with Crippen LogP contribution in [0.2, 0.25) is 0 Å². The lowest BCUT2D eigenvalue weighted by Gasteiger charge is -2.31. The first-order valence-corrected chi connectivity index (χ1v) is 6.97. The van der Waals surface area contributed by atoms with Gasteiger partial charge in [0.25, 0.3) is 0 Å². The minimum absolute atomic E-state index is 0.0220. The zero-order valence-corrected chi connectivity index (χ0v) is 11.2. The van der Waals surface area contributed by atoms with E-state index in [1.165, 1.54) is 6.42 Å². The lowest BCUT2D eigenvalue weighted by atomic mass is 9.81. The van der Waals surface area contributed by atoms with Gasteiger partial charge in [0.1, 0.15) is 6.10 Å². The van der Waals surface area contributed by atoms with Crippen molar-refractivity contribution in [2.75, 3.05) is 13.1 Å². The van der Waals surface area contributed by atoms with Crippen LogP contribution in [0.15, 0.2) is 0 Å². The normalized spacial score (nSPS) is 42.4. The summed E-state index contributed by atoms with van der Waals surface area (Å²) >= 11 is 0. The molecule has 1 N–H and O–H groups in total. The summed E-state index contributed by atoms with van der Waals surface area (Å²) in [6, 6.07) is 0. The Bertz CT molecular complexity index is 269. The molecule has 1 saturated heterocycles. The summed E-state index contributed by atoms with van der Waals surface area (Å²) in [4.78, 5) is 12.1. The molecule has 1 heterocycles. The second-order valence-electron chi connectivity index (χ2n) is 6.22. The number of esters is 1. The van der Waals surface area contributed by atoms with E-state index in [-0.39, 0.29) is 18.0 Å². The highest BCUT2D eigenvalue weighted by molar-refractivity contribution is 5.73. The van der Waals surface area contributed by atoms with Gasteiger partial charge in [0.15, 0.2) is 0 Å². The molecule has 0 amide bonds. The van der Waals surface area contributed by atoms with Gasteiger partial charge in [-0.2, -0.15) is 0 Å². The van der Waals surface area contributed by atoms with Crippen molar-refractivity contribution in [3.05, 3.63) is 0 Å². The van der Waals surface area contributed by atoms with Crippen molar-refractivity contribution >= 4 is 5.97 Å². The molecule has 0 spiro atoms. The van der Waals surface area contributed by atoms with Crippen molar-refractivity contribution in [2.24, 2.45) is 23.7 Å². The van der Waals surface area contributed by atoms with Crippen LogP contribution in [0, 0.1) is 23.7 Å². The maximum atomic E-state index is 12.1. The van der Waals surface area contributed by atoms with Crippen molar-refractivity contribution in [3.63, 3.8) is 0 Å². The zero-order valence-electron chi connectivity index (χ0n) is 11.2. The molecule has 0 bridgehead atoms. The van der Waals surface area contributed by atoms with Crippen LogP contribution in [-0.4, -0.2) is 25.2 Å². The molecule has 0 aromatic heterocycles. The first-order valence-electron chi connectivity index (χ1n) is 6.97. The van der Waals surface area contributed by atoms with E-state index in [0.29, 0.717) is 17.8 Å². The molecule has 2 aliphatic rings. The van der Waals surface area contributed by atoms with Crippen molar-refractivity contribution in [1.29, 1.82) is 0 Å². The van der Waals surface area contributed by atoms with E-state index >= 15 is 0 Å². The highest BCUT2D eigenvalue weighted by Gasteiger charge is 2.34. The Morgan fingerprint density at radius 3 is 2.24 bits per heavy atom. The van der Waals surface area contributed by atoms with Crippen LogP contribution in [-0.2, 0) is 9.53 Å². The molecular formula is C14H25NO2. The van der Waals surface area contributed by atoms with Gasteiger partial charge in [-0.25, -0.2) is 0 Å². The fraction of sp³-hybridized carbons (Fsp3) is 0.929. The third-order valence-electron chi connectivity index (χ3n) is 4.24. The molecule has 3 heteroatoms. The largest absolute Gasteiger partial charge is 0.462 e. The Balaban J connectivity index is 1.85. The predicted octanol–water partition coefficient (Wildman–Crippen LogP) is 2.21. The Labute approximate surface area is 104 Å². The molecule has 0 aromatic rings. The summed E-state index contributed by atoms with van der Waals surface area (Å²) in [5.41, 5.74) is 0. The van der Waals surface area contributed by atoms with Crippen molar-refractivity contribution in [2.45, 2.75) is 46.1 Å². The number of hydrogen-bond acceptors (Lipinski definition) is 3. The molecule has 2 fully saturated rings. The summed E-state index contributed by atoms with van der Waals surface area (Å²) in [5.74, 6) is 1.89. The van der Waals surface area contributed by atoms with Crippen molar-refractivity contribution in [1.82, 2.24) is 5.32 Å². The van der Waals surface area contributed by atoms with E-state index in [1.54, 1.807) is 0 Å². The minimum atomic E-state index is 0.0220. The van der Waals surface area contributed by atoms with Gasteiger partial charge < -0.3 is 10.1 Å². The van der Waals surface area contributed by atoms with Gasteiger partial charge in [-0.3, -0.25) is 4.79 Å². The molecule has 2 unspecified atom stereocenters. The second-order valence-corrected chi connectivity index (χ2v) is 6.22. The van der Waals surface area contributed by atoms with Crippen molar-refractivity contribution in [3.8, 4) is 0 Å². The maximum absolute atomic E-state index is 12.1. The van der Waals surface area contributed by atoms with E-state index in [4.69, 9.17) is 4.74 Å². The highest BCUT2D eigenvalue weighted by Crippen LogP contribution is 2.31.